The van der Waals surface area contributed by atoms with E-state index in [0.717, 1.165) is 30.0 Å². The molecule has 1 N–H and O–H groups in total. The van der Waals surface area contributed by atoms with Crippen molar-refractivity contribution in [2.75, 3.05) is 11.1 Å². The van der Waals surface area contributed by atoms with Gasteiger partial charge in [0.1, 0.15) is 11.6 Å². The number of hydrogen-bond donors (Lipinski definition) is 1. The summed E-state index contributed by atoms with van der Waals surface area (Å²) >= 11 is 1.13. The van der Waals surface area contributed by atoms with Crippen LogP contribution in [0.5, 0.6) is 0 Å². The molecule has 2 rings (SSSR count). The third-order valence-electron chi connectivity index (χ3n) is 2.62. The Bertz CT molecular complexity index is 708. The minimum absolute atomic E-state index is 0.0340. The van der Waals surface area contributed by atoms with Crippen LogP contribution in [-0.2, 0) is 4.79 Å². The van der Waals surface area contributed by atoms with E-state index in [1.807, 2.05) is 0 Å². The number of nitro groups is 1. The van der Waals surface area contributed by atoms with Gasteiger partial charge in [0, 0.05) is 23.1 Å². The number of halogens is 2. The fraction of sp³-hybridized carbons (Fsp3) is 0.0714. The van der Waals surface area contributed by atoms with Gasteiger partial charge in [0.15, 0.2) is 0 Å². The van der Waals surface area contributed by atoms with Crippen molar-refractivity contribution in [3.05, 3.63) is 64.2 Å². The Kier molecular flexibility index (Phi) is 5.05. The maximum absolute atomic E-state index is 13.4. The standard InChI is InChI=1S/C14H10F2N2O3S/c15-9-1-6-12(16)13(7-9)17-14(19)8-22-11-4-2-10(3-5-11)18(20)21/h1-7H,8H2,(H,17,19). The average molecular weight is 324 g/mol. The van der Waals surface area contributed by atoms with Crippen LogP contribution in [0, 0.1) is 21.7 Å². The van der Waals surface area contributed by atoms with E-state index in [2.05, 4.69) is 5.32 Å². The van der Waals surface area contributed by atoms with E-state index in [1.54, 1.807) is 0 Å². The molecule has 114 valence electrons. The van der Waals surface area contributed by atoms with E-state index >= 15 is 0 Å². The van der Waals surface area contributed by atoms with Crippen LogP contribution in [0.25, 0.3) is 0 Å². The Morgan fingerprint density at radius 1 is 1.18 bits per heavy atom. The van der Waals surface area contributed by atoms with Gasteiger partial charge in [0.25, 0.3) is 5.69 Å². The molecule has 0 fully saturated rings. The van der Waals surface area contributed by atoms with Gasteiger partial charge in [-0.2, -0.15) is 0 Å². The highest BCUT2D eigenvalue weighted by Crippen LogP contribution is 2.22. The van der Waals surface area contributed by atoms with Gasteiger partial charge >= 0.3 is 0 Å². The van der Waals surface area contributed by atoms with E-state index in [9.17, 15) is 23.7 Å². The highest BCUT2D eigenvalue weighted by molar-refractivity contribution is 8.00. The van der Waals surface area contributed by atoms with Crippen molar-refractivity contribution < 1.29 is 18.5 Å². The first-order valence-electron chi connectivity index (χ1n) is 6.08. The van der Waals surface area contributed by atoms with Crippen molar-refractivity contribution in [1.29, 1.82) is 0 Å². The molecule has 0 aliphatic rings. The van der Waals surface area contributed by atoms with Gasteiger partial charge in [-0.15, -0.1) is 11.8 Å². The Balaban J connectivity index is 1.92. The zero-order valence-electron chi connectivity index (χ0n) is 11.1. The van der Waals surface area contributed by atoms with Gasteiger partial charge in [-0.1, -0.05) is 0 Å². The first-order valence-corrected chi connectivity index (χ1v) is 7.06. The second-order valence-corrected chi connectivity index (χ2v) is 5.26. The van der Waals surface area contributed by atoms with Crippen molar-refractivity contribution in [1.82, 2.24) is 0 Å². The lowest BCUT2D eigenvalue weighted by molar-refractivity contribution is -0.384. The molecule has 0 unspecified atom stereocenters. The van der Waals surface area contributed by atoms with E-state index in [4.69, 9.17) is 0 Å². The summed E-state index contributed by atoms with van der Waals surface area (Å²) in [5.41, 5.74) is -0.273. The van der Waals surface area contributed by atoms with Gasteiger partial charge in [-0.25, -0.2) is 8.78 Å². The average Bonchev–Trinajstić information content (AvgIpc) is 2.49. The van der Waals surface area contributed by atoms with Gasteiger partial charge < -0.3 is 5.32 Å². The van der Waals surface area contributed by atoms with Crippen molar-refractivity contribution in [2.24, 2.45) is 0 Å². The molecule has 2 aromatic carbocycles. The Hall–Kier alpha value is -2.48. The fourth-order valence-corrected chi connectivity index (χ4v) is 2.29. The number of anilines is 1. The summed E-state index contributed by atoms with van der Waals surface area (Å²) in [6, 6.07) is 8.45. The number of nitro benzene ring substituents is 1. The number of thioether (sulfide) groups is 1. The summed E-state index contributed by atoms with van der Waals surface area (Å²) in [6.07, 6.45) is 0. The molecular weight excluding hydrogens is 314 g/mol. The zero-order chi connectivity index (χ0) is 16.1. The van der Waals surface area contributed by atoms with Gasteiger partial charge in [0.2, 0.25) is 5.91 Å². The predicted molar refractivity (Wildman–Crippen MR) is 78.8 cm³/mol. The Morgan fingerprint density at radius 3 is 2.50 bits per heavy atom. The van der Waals surface area contributed by atoms with E-state index in [1.165, 1.54) is 24.3 Å². The first-order chi connectivity index (χ1) is 10.5. The number of hydrogen-bond acceptors (Lipinski definition) is 4. The number of carbonyl (C=O) groups is 1. The summed E-state index contributed by atoms with van der Waals surface area (Å²) in [4.78, 5) is 22.3. The number of benzene rings is 2. The minimum Gasteiger partial charge on any atom is -0.323 e. The van der Waals surface area contributed by atoms with Crippen LogP contribution < -0.4 is 5.32 Å². The third kappa shape index (κ3) is 4.26. The molecule has 0 heterocycles. The van der Waals surface area contributed by atoms with Gasteiger partial charge in [-0.05, 0) is 24.3 Å². The lowest BCUT2D eigenvalue weighted by atomic mass is 10.3. The second kappa shape index (κ2) is 6.99. The number of rotatable bonds is 5. The Labute approximate surface area is 128 Å². The summed E-state index contributed by atoms with van der Waals surface area (Å²) in [7, 11) is 0. The number of amides is 1. The third-order valence-corrected chi connectivity index (χ3v) is 3.63. The SMILES string of the molecule is O=C(CSc1ccc([N+](=O)[O-])cc1)Nc1cc(F)ccc1F. The molecule has 0 aromatic heterocycles. The van der Waals surface area contributed by atoms with Gasteiger partial charge in [-0.3, -0.25) is 14.9 Å². The first kappa shape index (κ1) is 15.9. The molecule has 1 amide bonds. The topological polar surface area (TPSA) is 72.2 Å². The molecule has 0 aliphatic heterocycles. The minimum atomic E-state index is -0.727. The second-order valence-electron chi connectivity index (χ2n) is 4.21. The molecule has 8 heteroatoms. The molecule has 0 spiro atoms. The zero-order valence-corrected chi connectivity index (χ0v) is 11.9. The fourth-order valence-electron chi connectivity index (χ4n) is 1.59. The van der Waals surface area contributed by atoms with Crippen LogP contribution >= 0.6 is 11.8 Å². The maximum atomic E-state index is 13.4. The van der Waals surface area contributed by atoms with Crippen LogP contribution in [-0.4, -0.2) is 16.6 Å². The van der Waals surface area contributed by atoms with Crippen molar-refractivity contribution in [3.8, 4) is 0 Å². The highest BCUT2D eigenvalue weighted by Gasteiger charge is 2.10. The van der Waals surface area contributed by atoms with E-state index in [0.29, 0.717) is 4.90 Å². The molecule has 0 saturated carbocycles. The lowest BCUT2D eigenvalue weighted by Crippen LogP contribution is -2.15. The molecule has 2 aromatic rings. The van der Waals surface area contributed by atoms with E-state index in [-0.39, 0.29) is 17.1 Å². The van der Waals surface area contributed by atoms with Crippen LogP contribution in [0.4, 0.5) is 20.2 Å². The molecule has 0 atom stereocenters. The summed E-state index contributed by atoms with van der Waals surface area (Å²) in [5.74, 6) is -1.92. The van der Waals surface area contributed by atoms with Gasteiger partial charge in [0.05, 0.1) is 16.4 Å². The predicted octanol–water partition coefficient (Wildman–Crippen LogP) is 3.60. The molecule has 0 saturated heterocycles. The van der Waals surface area contributed by atoms with Crippen LogP contribution in [0.2, 0.25) is 0 Å². The van der Waals surface area contributed by atoms with Crippen LogP contribution in [0.1, 0.15) is 0 Å². The number of nitrogens with zero attached hydrogens (tertiary/aromatic N) is 1. The molecule has 0 aliphatic carbocycles. The molecule has 0 bridgehead atoms. The molecule has 22 heavy (non-hydrogen) atoms. The number of non-ortho nitro benzene ring substituents is 1. The van der Waals surface area contributed by atoms with Crippen LogP contribution in [0.15, 0.2) is 47.4 Å². The molecule has 0 radical (unpaired) electrons. The smallest absolute Gasteiger partial charge is 0.269 e. The summed E-state index contributed by atoms with van der Waals surface area (Å²) in [5, 5.41) is 12.8. The normalized spacial score (nSPS) is 10.3. The lowest BCUT2D eigenvalue weighted by Gasteiger charge is -2.06. The Morgan fingerprint density at radius 2 is 1.86 bits per heavy atom. The van der Waals surface area contributed by atoms with Crippen molar-refractivity contribution in [3.63, 3.8) is 0 Å². The van der Waals surface area contributed by atoms with Crippen molar-refractivity contribution >= 4 is 29.0 Å². The summed E-state index contributed by atoms with van der Waals surface area (Å²) in [6.45, 7) is 0. The molecular formula is C14H10F2N2O3S. The monoisotopic (exact) mass is 324 g/mol. The largest absolute Gasteiger partial charge is 0.323 e. The number of nitrogens with one attached hydrogen (secondary N) is 1. The maximum Gasteiger partial charge on any atom is 0.269 e. The van der Waals surface area contributed by atoms with Crippen LogP contribution in [0.3, 0.4) is 0 Å². The van der Waals surface area contributed by atoms with Crippen molar-refractivity contribution in [2.45, 2.75) is 4.90 Å². The molecule has 5 nitrogen and oxygen atoms in total. The number of carbonyl (C=O) groups excluding carboxylic acids is 1. The van der Waals surface area contributed by atoms with E-state index < -0.39 is 22.5 Å². The summed E-state index contributed by atoms with van der Waals surface area (Å²) < 4.78 is 26.3. The quantitative estimate of drug-likeness (QED) is 0.518. The highest BCUT2D eigenvalue weighted by atomic mass is 32.2.